The van der Waals surface area contributed by atoms with Gasteiger partial charge >= 0.3 is 0 Å². The molecule has 3 aromatic rings. The Labute approximate surface area is 101 Å². The number of hydrogen-bond donors (Lipinski definition) is 1. The Balaban J connectivity index is 2.27. The zero-order valence-electron chi connectivity index (χ0n) is 8.61. The van der Waals surface area contributed by atoms with Crippen molar-refractivity contribution < 1.29 is 4.39 Å². The lowest BCUT2D eigenvalue weighted by Crippen LogP contribution is -1.87. The van der Waals surface area contributed by atoms with Crippen molar-refractivity contribution in [1.82, 2.24) is 15.0 Å². The highest BCUT2D eigenvalue weighted by Crippen LogP contribution is 2.29. The summed E-state index contributed by atoms with van der Waals surface area (Å²) in [7, 11) is 0. The van der Waals surface area contributed by atoms with Gasteiger partial charge in [0.1, 0.15) is 11.6 Å². The summed E-state index contributed by atoms with van der Waals surface area (Å²) in [6, 6.07) is 6.30. The number of nitrogens with one attached hydrogen (secondary N) is 1. The molecule has 0 saturated heterocycles. The van der Waals surface area contributed by atoms with Crippen molar-refractivity contribution in [2.45, 2.75) is 0 Å². The molecule has 0 fully saturated rings. The van der Waals surface area contributed by atoms with E-state index in [0.29, 0.717) is 10.8 Å². The minimum Gasteiger partial charge on any atom is -0.337 e. The summed E-state index contributed by atoms with van der Waals surface area (Å²) in [5.41, 5.74) is 1.77. The first-order chi connectivity index (χ1) is 8.25. The average Bonchev–Trinajstić information content (AvgIpc) is 2.71. The van der Waals surface area contributed by atoms with Gasteiger partial charge in [0.05, 0.1) is 27.8 Å². The van der Waals surface area contributed by atoms with E-state index < -0.39 is 5.82 Å². The first-order valence-corrected chi connectivity index (χ1v) is 5.37. The molecule has 1 aromatic carbocycles. The van der Waals surface area contributed by atoms with Crippen molar-refractivity contribution in [2.24, 2.45) is 0 Å². The SMILES string of the molecule is Fc1cccc(Cl)c1-c1nc2ccncc2[nH]1. The van der Waals surface area contributed by atoms with Crippen LogP contribution >= 0.6 is 11.6 Å². The zero-order chi connectivity index (χ0) is 11.8. The fourth-order valence-corrected chi connectivity index (χ4v) is 1.95. The summed E-state index contributed by atoms with van der Waals surface area (Å²) in [5.74, 6) is 0.0145. The van der Waals surface area contributed by atoms with Crippen molar-refractivity contribution in [2.75, 3.05) is 0 Å². The van der Waals surface area contributed by atoms with Crippen LogP contribution in [0.25, 0.3) is 22.4 Å². The summed E-state index contributed by atoms with van der Waals surface area (Å²) in [6.07, 6.45) is 3.27. The van der Waals surface area contributed by atoms with Crippen LogP contribution in [0.5, 0.6) is 0 Å². The van der Waals surface area contributed by atoms with E-state index in [9.17, 15) is 4.39 Å². The number of fused-ring (bicyclic) bond motifs is 1. The number of rotatable bonds is 1. The number of pyridine rings is 1. The van der Waals surface area contributed by atoms with Gasteiger partial charge in [-0.25, -0.2) is 9.37 Å². The second-order valence-corrected chi connectivity index (χ2v) is 3.98. The van der Waals surface area contributed by atoms with E-state index in [1.54, 1.807) is 30.6 Å². The number of hydrogen-bond acceptors (Lipinski definition) is 2. The summed E-state index contributed by atoms with van der Waals surface area (Å²) in [5, 5.41) is 0.331. The van der Waals surface area contributed by atoms with Crippen LogP contribution in [0.2, 0.25) is 5.02 Å². The van der Waals surface area contributed by atoms with Crippen molar-refractivity contribution in [3.05, 3.63) is 47.5 Å². The number of halogens is 2. The third-order valence-corrected chi connectivity index (χ3v) is 2.80. The Kier molecular flexibility index (Phi) is 2.30. The number of aromatic nitrogens is 3. The third kappa shape index (κ3) is 1.66. The zero-order valence-corrected chi connectivity index (χ0v) is 9.37. The third-order valence-electron chi connectivity index (χ3n) is 2.48. The molecule has 2 heterocycles. The molecule has 0 saturated carbocycles. The van der Waals surface area contributed by atoms with E-state index in [4.69, 9.17) is 11.6 Å². The molecule has 3 nitrogen and oxygen atoms in total. The molecule has 0 bridgehead atoms. The van der Waals surface area contributed by atoms with Gasteiger partial charge in [0, 0.05) is 6.20 Å². The number of nitrogens with zero attached hydrogens (tertiary/aromatic N) is 2. The smallest absolute Gasteiger partial charge is 0.143 e. The second kappa shape index (κ2) is 3.82. The maximum Gasteiger partial charge on any atom is 0.143 e. The summed E-state index contributed by atoms with van der Waals surface area (Å²) >= 11 is 5.98. The van der Waals surface area contributed by atoms with Gasteiger partial charge in [-0.1, -0.05) is 17.7 Å². The van der Waals surface area contributed by atoms with E-state index in [1.807, 2.05) is 0 Å². The largest absolute Gasteiger partial charge is 0.337 e. The first kappa shape index (κ1) is 10.2. The lowest BCUT2D eigenvalue weighted by molar-refractivity contribution is 0.630. The molecule has 2 aromatic heterocycles. The van der Waals surface area contributed by atoms with Crippen LogP contribution in [0, 0.1) is 5.82 Å². The molecular weight excluding hydrogens is 241 g/mol. The normalized spacial score (nSPS) is 10.9. The van der Waals surface area contributed by atoms with Gasteiger partial charge in [0.25, 0.3) is 0 Å². The van der Waals surface area contributed by atoms with Crippen LogP contribution in [0.15, 0.2) is 36.7 Å². The molecule has 3 rings (SSSR count). The van der Waals surface area contributed by atoms with E-state index in [1.165, 1.54) is 6.07 Å². The first-order valence-electron chi connectivity index (χ1n) is 5.00. The van der Waals surface area contributed by atoms with Crippen LogP contribution in [-0.4, -0.2) is 15.0 Å². The lowest BCUT2D eigenvalue weighted by Gasteiger charge is -2.01. The molecule has 0 amide bonds. The minimum atomic E-state index is -0.399. The maximum atomic E-state index is 13.7. The Bertz CT molecular complexity index is 640. The van der Waals surface area contributed by atoms with Gasteiger partial charge < -0.3 is 4.98 Å². The van der Waals surface area contributed by atoms with E-state index in [0.717, 1.165) is 11.0 Å². The number of aromatic amines is 1. The molecule has 0 unspecified atom stereocenters. The van der Waals surface area contributed by atoms with Crippen LogP contribution in [0.3, 0.4) is 0 Å². The summed E-state index contributed by atoms with van der Waals surface area (Å²) in [6.45, 7) is 0. The predicted octanol–water partition coefficient (Wildman–Crippen LogP) is 3.42. The Hall–Kier alpha value is -1.94. The minimum absolute atomic E-state index is 0.283. The standard InChI is InChI=1S/C12H7ClFN3/c13-7-2-1-3-8(14)11(7)12-16-9-4-5-15-6-10(9)17-12/h1-6H,(H,16,17). The molecule has 5 heteroatoms. The van der Waals surface area contributed by atoms with Crippen molar-refractivity contribution >= 4 is 22.6 Å². The topological polar surface area (TPSA) is 41.6 Å². The number of imidazole rings is 1. The van der Waals surface area contributed by atoms with Crippen molar-refractivity contribution in [1.29, 1.82) is 0 Å². The fraction of sp³-hybridized carbons (Fsp3) is 0. The molecule has 1 N–H and O–H groups in total. The van der Waals surface area contributed by atoms with Crippen LogP contribution in [0.1, 0.15) is 0 Å². The number of H-pyrrole nitrogens is 1. The monoisotopic (exact) mass is 247 g/mol. The molecule has 0 aliphatic rings. The summed E-state index contributed by atoms with van der Waals surface area (Å²) in [4.78, 5) is 11.2. The second-order valence-electron chi connectivity index (χ2n) is 3.57. The van der Waals surface area contributed by atoms with E-state index in [-0.39, 0.29) is 5.56 Å². The van der Waals surface area contributed by atoms with E-state index in [2.05, 4.69) is 15.0 Å². The molecule has 84 valence electrons. The maximum absolute atomic E-state index is 13.7. The highest BCUT2D eigenvalue weighted by Gasteiger charge is 2.13. The molecule has 0 aliphatic carbocycles. The van der Waals surface area contributed by atoms with Gasteiger partial charge in [-0.15, -0.1) is 0 Å². The quantitative estimate of drug-likeness (QED) is 0.716. The Morgan fingerprint density at radius 1 is 1.24 bits per heavy atom. The predicted molar refractivity (Wildman–Crippen MR) is 64.3 cm³/mol. The van der Waals surface area contributed by atoms with Gasteiger partial charge in [0.2, 0.25) is 0 Å². The lowest BCUT2D eigenvalue weighted by atomic mass is 10.2. The van der Waals surface area contributed by atoms with E-state index >= 15 is 0 Å². The van der Waals surface area contributed by atoms with Crippen molar-refractivity contribution in [3.8, 4) is 11.4 Å². The highest BCUT2D eigenvalue weighted by atomic mass is 35.5. The molecular formula is C12H7ClFN3. The molecule has 0 atom stereocenters. The van der Waals surface area contributed by atoms with Gasteiger partial charge in [-0.2, -0.15) is 0 Å². The summed E-state index contributed by atoms with van der Waals surface area (Å²) < 4.78 is 13.7. The fourth-order valence-electron chi connectivity index (χ4n) is 1.70. The molecule has 17 heavy (non-hydrogen) atoms. The van der Waals surface area contributed by atoms with Gasteiger partial charge in [-0.05, 0) is 18.2 Å². The van der Waals surface area contributed by atoms with Gasteiger partial charge in [-0.3, -0.25) is 4.98 Å². The average molecular weight is 248 g/mol. The van der Waals surface area contributed by atoms with Crippen molar-refractivity contribution in [3.63, 3.8) is 0 Å². The Morgan fingerprint density at radius 2 is 2.12 bits per heavy atom. The van der Waals surface area contributed by atoms with Crippen LogP contribution in [0.4, 0.5) is 4.39 Å². The highest BCUT2D eigenvalue weighted by molar-refractivity contribution is 6.33. The van der Waals surface area contributed by atoms with Crippen LogP contribution in [-0.2, 0) is 0 Å². The van der Waals surface area contributed by atoms with Gasteiger partial charge in [0.15, 0.2) is 0 Å². The molecule has 0 radical (unpaired) electrons. The Morgan fingerprint density at radius 3 is 2.88 bits per heavy atom. The van der Waals surface area contributed by atoms with Crippen LogP contribution < -0.4 is 0 Å². The molecule has 0 aliphatic heterocycles. The molecule has 0 spiro atoms. The number of benzene rings is 1.